The summed E-state index contributed by atoms with van der Waals surface area (Å²) in [6.45, 7) is 1.93. The second kappa shape index (κ2) is 5.23. The van der Waals surface area contributed by atoms with E-state index in [4.69, 9.17) is 0 Å². The third-order valence-corrected chi connectivity index (χ3v) is 8.03. The van der Waals surface area contributed by atoms with Crippen molar-refractivity contribution in [3.05, 3.63) is 68.0 Å². The monoisotopic (exact) mass is 426 g/mol. The highest BCUT2D eigenvalue weighted by molar-refractivity contribution is 7.37. The molecule has 0 spiro atoms. The van der Waals surface area contributed by atoms with Gasteiger partial charge >= 0.3 is 6.18 Å². The van der Waals surface area contributed by atoms with E-state index in [1.54, 1.807) is 0 Å². The van der Waals surface area contributed by atoms with Crippen molar-refractivity contribution in [2.24, 2.45) is 0 Å². The summed E-state index contributed by atoms with van der Waals surface area (Å²) in [4.78, 5) is 25.8. The van der Waals surface area contributed by atoms with E-state index in [1.807, 2.05) is 25.1 Å². The summed E-state index contributed by atoms with van der Waals surface area (Å²) in [5.41, 5.74) is -0.236. The molecule has 7 heteroatoms. The van der Waals surface area contributed by atoms with Crippen LogP contribution in [0.1, 0.15) is 11.1 Å². The van der Waals surface area contributed by atoms with Gasteiger partial charge in [0, 0.05) is 21.5 Å². The molecule has 2 heterocycles. The Morgan fingerprint density at radius 3 is 1.76 bits per heavy atom. The van der Waals surface area contributed by atoms with Crippen LogP contribution in [-0.4, -0.2) is 0 Å². The Morgan fingerprint density at radius 1 is 0.690 bits per heavy atom. The van der Waals surface area contributed by atoms with Crippen LogP contribution in [-0.2, 0) is 6.18 Å². The number of hydrogen-bond acceptors (Lipinski definition) is 4. The summed E-state index contributed by atoms with van der Waals surface area (Å²) in [5.74, 6) is 0. The molecule has 0 saturated heterocycles. The number of aryl methyl sites for hydroxylation is 1. The summed E-state index contributed by atoms with van der Waals surface area (Å²) < 4.78 is 42.0. The van der Waals surface area contributed by atoms with E-state index in [-0.39, 0.29) is 16.2 Å². The lowest BCUT2D eigenvalue weighted by Crippen LogP contribution is -2.05. The van der Waals surface area contributed by atoms with E-state index < -0.39 is 11.7 Å². The van der Waals surface area contributed by atoms with Gasteiger partial charge in [0.25, 0.3) is 0 Å². The molecule has 0 aliphatic carbocycles. The van der Waals surface area contributed by atoms with Crippen molar-refractivity contribution in [1.29, 1.82) is 0 Å². The number of thiophene rings is 2. The van der Waals surface area contributed by atoms with Crippen molar-refractivity contribution < 1.29 is 13.2 Å². The quantitative estimate of drug-likeness (QED) is 0.278. The van der Waals surface area contributed by atoms with Crippen molar-refractivity contribution in [2.45, 2.75) is 13.1 Å². The molecular formula is C22H9F3O2S2. The second-order valence-corrected chi connectivity index (χ2v) is 9.28. The third-order valence-electron chi connectivity index (χ3n) is 5.49. The van der Waals surface area contributed by atoms with Gasteiger partial charge in [-0.1, -0.05) is 23.8 Å². The smallest absolute Gasteiger partial charge is 0.288 e. The summed E-state index contributed by atoms with van der Waals surface area (Å²) in [5, 5.41) is 3.65. The molecule has 0 amide bonds. The molecule has 0 bridgehead atoms. The summed E-state index contributed by atoms with van der Waals surface area (Å²) in [7, 11) is 0. The minimum absolute atomic E-state index is 0.0298. The molecule has 0 fully saturated rings. The molecule has 6 rings (SSSR count). The van der Waals surface area contributed by atoms with Crippen molar-refractivity contribution >= 4 is 73.8 Å². The van der Waals surface area contributed by atoms with Gasteiger partial charge in [0.1, 0.15) is 0 Å². The van der Waals surface area contributed by atoms with Crippen molar-refractivity contribution in [1.82, 2.24) is 0 Å². The highest BCUT2D eigenvalue weighted by Gasteiger charge is 2.32. The third kappa shape index (κ3) is 2.06. The lowest BCUT2D eigenvalue weighted by Gasteiger charge is -2.05. The van der Waals surface area contributed by atoms with Crippen LogP contribution in [0.15, 0.2) is 46.0 Å². The standard InChI is InChI=1S/C22H9F3O2S2/c1-8-2-4-10-12(6-8)16(26)18-14(10)20-21(28-18)15-11-5-3-9(22(23,24)25)7-13(11)17(27)19(15)29-20/h2-7H,1H3. The number of fused-ring (bicyclic) bond motifs is 9. The minimum atomic E-state index is -4.50. The second-order valence-electron chi connectivity index (χ2n) is 7.24. The van der Waals surface area contributed by atoms with E-state index in [2.05, 4.69) is 0 Å². The molecule has 0 aliphatic rings. The molecule has 0 radical (unpaired) electrons. The van der Waals surface area contributed by atoms with Crippen LogP contribution < -0.4 is 10.9 Å². The topological polar surface area (TPSA) is 34.1 Å². The Bertz CT molecular complexity index is 1740. The number of hydrogen-bond donors (Lipinski definition) is 0. The molecule has 0 aliphatic heterocycles. The average molecular weight is 426 g/mol. The normalized spacial score (nSPS) is 13.1. The predicted octanol–water partition coefficient (Wildman–Crippen LogP) is 6.50. The molecule has 0 atom stereocenters. The van der Waals surface area contributed by atoms with Gasteiger partial charge in [0.05, 0.1) is 24.4 Å². The number of alkyl halides is 3. The average Bonchev–Trinajstić information content (AvgIpc) is 3.34. The number of rotatable bonds is 0. The number of halogens is 3. The van der Waals surface area contributed by atoms with Gasteiger partial charge in [0.2, 0.25) is 10.9 Å². The van der Waals surface area contributed by atoms with Crippen LogP contribution in [0.25, 0.3) is 51.1 Å². The van der Waals surface area contributed by atoms with Gasteiger partial charge in [-0.15, -0.1) is 22.7 Å². The van der Waals surface area contributed by atoms with Crippen LogP contribution in [0.4, 0.5) is 13.2 Å². The van der Waals surface area contributed by atoms with Gasteiger partial charge in [-0.3, -0.25) is 9.59 Å². The Kier molecular flexibility index (Phi) is 3.09. The predicted molar refractivity (Wildman–Crippen MR) is 114 cm³/mol. The Morgan fingerprint density at radius 2 is 1.21 bits per heavy atom. The Balaban J connectivity index is 1.80. The first kappa shape index (κ1) is 17.1. The summed E-state index contributed by atoms with van der Waals surface area (Å²) >= 11 is 2.60. The SMILES string of the molecule is Cc1ccc2c(c1)c(=O)c1sc3c(sc4c(=O)c5cc(C(F)(F)F)ccc5c43)c12. The minimum Gasteiger partial charge on any atom is -0.288 e. The lowest BCUT2D eigenvalue weighted by molar-refractivity contribution is -0.137. The van der Waals surface area contributed by atoms with E-state index in [0.717, 1.165) is 37.9 Å². The van der Waals surface area contributed by atoms with E-state index in [1.165, 1.54) is 28.7 Å². The Labute approximate surface area is 168 Å². The van der Waals surface area contributed by atoms with Gasteiger partial charge < -0.3 is 0 Å². The fourth-order valence-corrected chi connectivity index (χ4v) is 7.02. The Hall–Kier alpha value is -2.77. The zero-order valence-electron chi connectivity index (χ0n) is 14.7. The molecular weight excluding hydrogens is 417 g/mol. The van der Waals surface area contributed by atoms with Crippen molar-refractivity contribution in [2.75, 3.05) is 0 Å². The first-order valence-electron chi connectivity index (χ1n) is 8.77. The van der Waals surface area contributed by atoms with Gasteiger partial charge in [-0.25, -0.2) is 0 Å². The highest BCUT2D eigenvalue weighted by atomic mass is 32.1. The molecule has 2 aromatic heterocycles. The van der Waals surface area contributed by atoms with Gasteiger partial charge in [-0.2, -0.15) is 13.2 Å². The fourth-order valence-electron chi connectivity index (χ4n) is 4.18. The van der Waals surface area contributed by atoms with Gasteiger partial charge in [-0.05, 0) is 35.9 Å². The molecule has 0 saturated carbocycles. The lowest BCUT2D eigenvalue weighted by atomic mass is 10.1. The van der Waals surface area contributed by atoms with Crippen molar-refractivity contribution in [3.63, 3.8) is 0 Å². The molecule has 4 aromatic carbocycles. The molecule has 0 N–H and O–H groups in total. The zero-order valence-corrected chi connectivity index (χ0v) is 16.4. The molecule has 2 nitrogen and oxygen atoms in total. The first-order valence-corrected chi connectivity index (χ1v) is 10.4. The van der Waals surface area contributed by atoms with Gasteiger partial charge in [0.15, 0.2) is 0 Å². The summed E-state index contributed by atoms with van der Waals surface area (Å²) in [6.07, 6.45) is -4.50. The first-order chi connectivity index (χ1) is 13.8. The largest absolute Gasteiger partial charge is 0.416 e. The molecule has 142 valence electrons. The molecule has 29 heavy (non-hydrogen) atoms. The van der Waals surface area contributed by atoms with Crippen LogP contribution >= 0.6 is 22.7 Å². The number of benzene rings is 2. The highest BCUT2D eigenvalue weighted by Crippen LogP contribution is 2.48. The van der Waals surface area contributed by atoms with E-state index in [9.17, 15) is 22.8 Å². The van der Waals surface area contributed by atoms with Crippen LogP contribution in [0.3, 0.4) is 0 Å². The molecule has 6 aromatic rings. The summed E-state index contributed by atoms with van der Waals surface area (Å²) in [6, 6.07) is 9.06. The zero-order chi connectivity index (χ0) is 20.2. The fraction of sp³-hybridized carbons (Fsp3) is 0.0909. The van der Waals surface area contributed by atoms with E-state index in [0.29, 0.717) is 25.6 Å². The van der Waals surface area contributed by atoms with Crippen LogP contribution in [0, 0.1) is 6.92 Å². The maximum atomic E-state index is 13.1. The van der Waals surface area contributed by atoms with Crippen molar-refractivity contribution in [3.8, 4) is 0 Å². The maximum absolute atomic E-state index is 13.1. The van der Waals surface area contributed by atoms with E-state index >= 15 is 0 Å². The molecule has 0 unspecified atom stereocenters. The maximum Gasteiger partial charge on any atom is 0.416 e. The van der Waals surface area contributed by atoms with Crippen LogP contribution in [0.5, 0.6) is 0 Å². The van der Waals surface area contributed by atoms with Crippen LogP contribution in [0.2, 0.25) is 0 Å².